The fourth-order valence-corrected chi connectivity index (χ4v) is 4.98. The van der Waals surface area contributed by atoms with Gasteiger partial charge >= 0.3 is 12.4 Å². The number of hydrogen-bond acceptors (Lipinski definition) is 4. The molecule has 2 aromatic rings. The van der Waals surface area contributed by atoms with Gasteiger partial charge in [0.05, 0.1) is 23.3 Å². The molecule has 1 aliphatic heterocycles. The predicted molar refractivity (Wildman–Crippen MR) is 126 cm³/mol. The Kier molecular flexibility index (Phi) is 7.79. The number of ether oxygens (including phenoxy) is 1. The molecular weight excluding hydrogens is 533 g/mol. The molecule has 4 unspecified atom stereocenters. The highest BCUT2D eigenvalue weighted by Gasteiger charge is 2.42. The lowest BCUT2D eigenvalue weighted by Crippen LogP contribution is -2.31. The largest absolute Gasteiger partial charge is 0.416 e. The minimum absolute atomic E-state index is 0.0568. The van der Waals surface area contributed by atoms with Crippen LogP contribution in [-0.4, -0.2) is 42.8 Å². The van der Waals surface area contributed by atoms with Crippen molar-refractivity contribution in [2.45, 2.75) is 43.8 Å². The maximum atomic E-state index is 13.6. The van der Waals surface area contributed by atoms with E-state index in [1.54, 1.807) is 4.90 Å². The second-order valence-corrected chi connectivity index (χ2v) is 9.63. The minimum Gasteiger partial charge on any atom is -0.371 e. The van der Waals surface area contributed by atoms with Crippen LogP contribution in [0, 0.1) is 11.7 Å². The van der Waals surface area contributed by atoms with Crippen LogP contribution in [0.25, 0.3) is 0 Å². The Morgan fingerprint density at radius 1 is 1.00 bits per heavy atom. The van der Waals surface area contributed by atoms with Crippen LogP contribution in [0.3, 0.4) is 0 Å². The van der Waals surface area contributed by atoms with Gasteiger partial charge in [-0.1, -0.05) is 12.1 Å². The van der Waals surface area contributed by atoms with Gasteiger partial charge in [-0.2, -0.15) is 26.3 Å². The van der Waals surface area contributed by atoms with Gasteiger partial charge in [-0.3, -0.25) is 9.59 Å². The first-order chi connectivity index (χ1) is 18.2. The molecule has 1 amide bonds. The van der Waals surface area contributed by atoms with Gasteiger partial charge in [0.25, 0.3) is 0 Å². The monoisotopic (exact) mass is 558 g/mol. The number of allylic oxidation sites excluding steroid dienone is 2. The van der Waals surface area contributed by atoms with Gasteiger partial charge in [0.1, 0.15) is 11.7 Å². The van der Waals surface area contributed by atoms with E-state index < -0.39 is 59.2 Å². The molecule has 39 heavy (non-hydrogen) atoms. The molecule has 0 aromatic heterocycles. The summed E-state index contributed by atoms with van der Waals surface area (Å²) in [6.07, 6.45) is -10.4. The van der Waals surface area contributed by atoms with Crippen LogP contribution in [0.5, 0.6) is 0 Å². The number of nitrogens with one attached hydrogen (secondary N) is 1. The van der Waals surface area contributed by atoms with E-state index in [0.29, 0.717) is 23.4 Å². The number of benzene rings is 2. The zero-order valence-corrected chi connectivity index (χ0v) is 20.9. The third-order valence-electron chi connectivity index (χ3n) is 7.06. The van der Waals surface area contributed by atoms with Crippen molar-refractivity contribution in [2.75, 3.05) is 20.1 Å². The molecule has 12 heteroatoms. The summed E-state index contributed by atoms with van der Waals surface area (Å²) >= 11 is 0. The van der Waals surface area contributed by atoms with Crippen molar-refractivity contribution in [3.8, 4) is 0 Å². The van der Waals surface area contributed by atoms with Crippen molar-refractivity contribution in [1.29, 1.82) is 0 Å². The molecule has 2 aromatic carbocycles. The van der Waals surface area contributed by atoms with E-state index in [0.717, 1.165) is 0 Å². The summed E-state index contributed by atoms with van der Waals surface area (Å²) in [6, 6.07) is 6.84. The van der Waals surface area contributed by atoms with Crippen molar-refractivity contribution in [1.82, 2.24) is 10.2 Å². The maximum Gasteiger partial charge on any atom is 0.416 e. The SMILES string of the molecule is CNC(=O)C1CC(N2CC(OC(C)c3cc(C(F)(F)F)cc(C(F)(F)F)c3)C(c3ccc(F)cc3)C2)=CC1=O. The zero-order valence-electron chi connectivity index (χ0n) is 20.9. The molecule has 0 radical (unpaired) electrons. The first-order valence-corrected chi connectivity index (χ1v) is 12.1. The number of halogens is 7. The average molecular weight is 558 g/mol. The van der Waals surface area contributed by atoms with E-state index in [9.17, 15) is 40.3 Å². The summed E-state index contributed by atoms with van der Waals surface area (Å²) in [5.74, 6) is -2.63. The van der Waals surface area contributed by atoms with E-state index in [1.807, 2.05) is 0 Å². The number of nitrogens with zero attached hydrogens (tertiary/aromatic N) is 1. The minimum atomic E-state index is -5.00. The Hall–Kier alpha value is -3.41. The van der Waals surface area contributed by atoms with Crippen LogP contribution < -0.4 is 5.32 Å². The third-order valence-corrected chi connectivity index (χ3v) is 7.06. The number of rotatable bonds is 6. The van der Waals surface area contributed by atoms with Gasteiger partial charge in [0.2, 0.25) is 5.91 Å². The Morgan fingerprint density at radius 2 is 1.59 bits per heavy atom. The molecule has 0 bridgehead atoms. The molecule has 4 atom stereocenters. The van der Waals surface area contributed by atoms with Crippen molar-refractivity contribution in [3.63, 3.8) is 0 Å². The average Bonchev–Trinajstić information content (AvgIpc) is 3.46. The van der Waals surface area contributed by atoms with Gasteiger partial charge < -0.3 is 15.0 Å². The van der Waals surface area contributed by atoms with Gasteiger partial charge in [-0.25, -0.2) is 4.39 Å². The number of alkyl halides is 6. The molecule has 1 saturated heterocycles. The van der Waals surface area contributed by atoms with Crippen LogP contribution in [0.2, 0.25) is 0 Å². The molecule has 0 saturated carbocycles. The molecule has 1 aliphatic carbocycles. The number of hydrogen-bond donors (Lipinski definition) is 1. The molecule has 5 nitrogen and oxygen atoms in total. The number of amides is 1. The van der Waals surface area contributed by atoms with Crippen molar-refractivity contribution >= 4 is 11.7 Å². The Bertz CT molecular complexity index is 1240. The van der Waals surface area contributed by atoms with Gasteiger partial charge in [-0.05, 0) is 48.4 Å². The Balaban J connectivity index is 1.63. The fraction of sp³-hybridized carbons (Fsp3) is 0.407. The molecule has 4 rings (SSSR count). The Morgan fingerprint density at radius 3 is 2.13 bits per heavy atom. The quantitative estimate of drug-likeness (QED) is 0.369. The summed E-state index contributed by atoms with van der Waals surface area (Å²) in [6.45, 7) is 1.79. The van der Waals surface area contributed by atoms with Crippen LogP contribution >= 0.6 is 0 Å². The molecule has 0 spiro atoms. The van der Waals surface area contributed by atoms with Crippen LogP contribution in [0.15, 0.2) is 54.2 Å². The number of ketones is 1. The molecule has 2 aliphatic rings. The standard InChI is InChI=1S/C27H25F7N2O3/c1-14(16-7-17(26(29,30)31)9-18(8-16)27(32,33)34)39-24-13-36(12-22(24)15-3-5-19(28)6-4-15)20-10-21(23(37)11-20)25(38)35-2/h3-9,11,14,21-22,24H,10,12-13H2,1-2H3,(H,35,38). The summed E-state index contributed by atoms with van der Waals surface area (Å²) < 4.78 is 100.0. The van der Waals surface area contributed by atoms with E-state index in [1.165, 1.54) is 44.3 Å². The predicted octanol–water partition coefficient (Wildman–Crippen LogP) is 5.63. The van der Waals surface area contributed by atoms with Crippen LogP contribution in [-0.2, 0) is 26.7 Å². The molecule has 1 N–H and O–H groups in total. The van der Waals surface area contributed by atoms with E-state index in [4.69, 9.17) is 4.74 Å². The lowest BCUT2D eigenvalue weighted by atomic mass is 9.95. The molecular formula is C27H25F7N2O3. The number of carbonyl (C=O) groups excluding carboxylic acids is 2. The summed E-state index contributed by atoms with van der Waals surface area (Å²) in [4.78, 5) is 26.2. The normalized spacial score (nSPS) is 22.7. The lowest BCUT2D eigenvalue weighted by molar-refractivity contribution is -0.143. The van der Waals surface area contributed by atoms with Gasteiger partial charge in [0, 0.05) is 44.2 Å². The molecule has 210 valence electrons. The summed E-state index contributed by atoms with van der Waals surface area (Å²) in [7, 11) is 1.41. The fourth-order valence-electron chi connectivity index (χ4n) is 4.98. The number of likely N-dealkylation sites (tertiary alicyclic amines) is 1. The van der Waals surface area contributed by atoms with E-state index >= 15 is 0 Å². The molecule has 1 fully saturated rings. The second-order valence-electron chi connectivity index (χ2n) is 9.63. The first kappa shape index (κ1) is 28.6. The molecule has 1 heterocycles. The van der Waals surface area contributed by atoms with Gasteiger partial charge in [-0.15, -0.1) is 0 Å². The summed E-state index contributed by atoms with van der Waals surface area (Å²) in [5.41, 5.74) is -1.98. The van der Waals surface area contributed by atoms with Crippen molar-refractivity contribution in [3.05, 3.63) is 82.3 Å². The van der Waals surface area contributed by atoms with Crippen LogP contribution in [0.1, 0.15) is 47.6 Å². The highest BCUT2D eigenvalue weighted by Crippen LogP contribution is 2.41. The zero-order chi connectivity index (χ0) is 28.7. The second kappa shape index (κ2) is 10.6. The Labute approximate surface area is 219 Å². The smallest absolute Gasteiger partial charge is 0.371 e. The van der Waals surface area contributed by atoms with E-state index in [2.05, 4.69) is 5.32 Å². The highest BCUT2D eigenvalue weighted by molar-refractivity contribution is 6.09. The van der Waals surface area contributed by atoms with Crippen molar-refractivity contribution < 1.29 is 45.1 Å². The maximum absolute atomic E-state index is 13.6. The van der Waals surface area contributed by atoms with Crippen molar-refractivity contribution in [2.24, 2.45) is 5.92 Å². The first-order valence-electron chi connectivity index (χ1n) is 12.1. The topological polar surface area (TPSA) is 58.6 Å². The van der Waals surface area contributed by atoms with Gasteiger partial charge in [0.15, 0.2) is 5.78 Å². The highest BCUT2D eigenvalue weighted by atomic mass is 19.4. The van der Waals surface area contributed by atoms with Crippen LogP contribution in [0.4, 0.5) is 30.7 Å². The summed E-state index contributed by atoms with van der Waals surface area (Å²) in [5, 5.41) is 2.44. The third kappa shape index (κ3) is 6.26. The van der Waals surface area contributed by atoms with E-state index in [-0.39, 0.29) is 36.9 Å². The lowest BCUT2D eigenvalue weighted by Gasteiger charge is -2.25. The number of carbonyl (C=O) groups is 2.